The van der Waals surface area contributed by atoms with Crippen LogP contribution in [0.5, 0.6) is 0 Å². The van der Waals surface area contributed by atoms with Crippen LogP contribution in [0.15, 0.2) is 0 Å². The van der Waals surface area contributed by atoms with E-state index < -0.39 is 11.9 Å². The van der Waals surface area contributed by atoms with Crippen molar-refractivity contribution in [2.45, 2.75) is 25.9 Å². The highest BCUT2D eigenvalue weighted by molar-refractivity contribution is 5.83. The molecule has 0 bridgehead atoms. The quantitative estimate of drug-likeness (QED) is 0.682. The summed E-state index contributed by atoms with van der Waals surface area (Å²) in [6.07, 6.45) is 1.04. The topological polar surface area (TPSA) is 113 Å². The van der Waals surface area contributed by atoms with Gasteiger partial charge in [0.15, 0.2) is 0 Å². The van der Waals surface area contributed by atoms with Crippen molar-refractivity contribution >= 4 is 17.9 Å². The van der Waals surface area contributed by atoms with Crippen molar-refractivity contribution in [1.29, 1.82) is 0 Å². The molecule has 8 heteroatoms. The zero-order chi connectivity index (χ0) is 15.1. The molecule has 8 nitrogen and oxygen atoms in total. The molecule has 0 aromatic carbocycles. The predicted molar refractivity (Wildman–Crippen MR) is 70.0 cm³/mol. The molecule has 114 valence electrons. The number of hydrogen-bond acceptors (Lipinski definition) is 4. The SMILES string of the molecule is CCN(CC(N)=O)C(=O)N1CCC(OCC(=O)O)CC1. The summed E-state index contributed by atoms with van der Waals surface area (Å²) in [6, 6.07) is -0.219. The van der Waals surface area contributed by atoms with Gasteiger partial charge in [-0.1, -0.05) is 0 Å². The lowest BCUT2D eigenvalue weighted by atomic mass is 10.1. The average Bonchev–Trinajstić information content (AvgIpc) is 2.42. The minimum absolute atomic E-state index is 0.0925. The summed E-state index contributed by atoms with van der Waals surface area (Å²) in [5, 5.41) is 8.53. The zero-order valence-corrected chi connectivity index (χ0v) is 11.6. The molecule has 1 fully saturated rings. The molecule has 0 aromatic heterocycles. The van der Waals surface area contributed by atoms with Crippen molar-refractivity contribution in [2.24, 2.45) is 5.73 Å². The van der Waals surface area contributed by atoms with E-state index in [0.29, 0.717) is 32.5 Å². The number of aliphatic carboxylic acids is 1. The Balaban J connectivity index is 2.41. The van der Waals surface area contributed by atoms with Gasteiger partial charge in [-0.2, -0.15) is 0 Å². The van der Waals surface area contributed by atoms with Crippen molar-refractivity contribution in [3.8, 4) is 0 Å². The summed E-state index contributed by atoms with van der Waals surface area (Å²) in [4.78, 5) is 36.5. The number of ether oxygens (including phenoxy) is 1. The molecule has 0 aliphatic carbocycles. The van der Waals surface area contributed by atoms with Crippen molar-refractivity contribution in [3.63, 3.8) is 0 Å². The standard InChI is InChI=1S/C12H21N3O5/c1-2-14(7-10(13)16)12(19)15-5-3-9(4-6-15)20-8-11(17)18/h9H,2-8H2,1H3,(H2,13,16)(H,17,18). The van der Waals surface area contributed by atoms with Crippen LogP contribution in [0.1, 0.15) is 19.8 Å². The van der Waals surface area contributed by atoms with E-state index in [4.69, 9.17) is 15.6 Å². The third-order valence-corrected chi connectivity index (χ3v) is 3.15. The summed E-state index contributed by atoms with van der Waals surface area (Å²) in [6.45, 7) is 2.75. The minimum atomic E-state index is -0.998. The van der Waals surface area contributed by atoms with Crippen LogP contribution in [-0.2, 0) is 14.3 Å². The maximum absolute atomic E-state index is 12.1. The third-order valence-electron chi connectivity index (χ3n) is 3.15. The summed E-state index contributed by atoms with van der Waals surface area (Å²) in [5.41, 5.74) is 5.10. The molecule has 0 atom stereocenters. The van der Waals surface area contributed by atoms with E-state index in [1.807, 2.05) is 0 Å². The Bertz CT molecular complexity index is 366. The zero-order valence-electron chi connectivity index (χ0n) is 11.6. The second-order valence-corrected chi connectivity index (χ2v) is 4.65. The van der Waals surface area contributed by atoms with Gasteiger partial charge in [-0.15, -0.1) is 0 Å². The average molecular weight is 287 g/mol. The number of likely N-dealkylation sites (N-methyl/N-ethyl adjacent to an activating group) is 1. The van der Waals surface area contributed by atoms with Crippen molar-refractivity contribution in [2.75, 3.05) is 32.8 Å². The number of urea groups is 1. The fourth-order valence-corrected chi connectivity index (χ4v) is 2.11. The number of carboxylic acid groups (broad SMARTS) is 1. The number of carboxylic acids is 1. The van der Waals surface area contributed by atoms with Crippen molar-refractivity contribution in [1.82, 2.24) is 9.80 Å². The van der Waals surface area contributed by atoms with E-state index in [1.54, 1.807) is 11.8 Å². The molecule has 1 aliphatic rings. The predicted octanol–water partition coefficient (Wildman–Crippen LogP) is -0.521. The highest BCUT2D eigenvalue weighted by atomic mass is 16.5. The van der Waals surface area contributed by atoms with Gasteiger partial charge in [-0.05, 0) is 19.8 Å². The van der Waals surface area contributed by atoms with E-state index in [1.165, 1.54) is 4.90 Å². The Morgan fingerprint density at radius 3 is 2.40 bits per heavy atom. The summed E-state index contributed by atoms with van der Waals surface area (Å²) in [5.74, 6) is -1.54. The van der Waals surface area contributed by atoms with Gasteiger partial charge in [0, 0.05) is 19.6 Å². The van der Waals surface area contributed by atoms with Gasteiger partial charge in [0.2, 0.25) is 5.91 Å². The first-order chi connectivity index (χ1) is 9.43. The Morgan fingerprint density at radius 2 is 1.95 bits per heavy atom. The number of nitrogens with two attached hydrogens (primary N) is 1. The molecule has 3 N–H and O–H groups in total. The molecule has 1 rings (SSSR count). The first-order valence-electron chi connectivity index (χ1n) is 6.59. The molecule has 1 saturated heterocycles. The van der Waals surface area contributed by atoms with Gasteiger partial charge in [0.05, 0.1) is 6.10 Å². The molecule has 0 saturated carbocycles. The second-order valence-electron chi connectivity index (χ2n) is 4.65. The Labute approximate surface area is 117 Å². The van der Waals surface area contributed by atoms with Crippen LogP contribution in [-0.4, -0.2) is 71.7 Å². The van der Waals surface area contributed by atoms with Crippen LogP contribution < -0.4 is 5.73 Å². The summed E-state index contributed by atoms with van der Waals surface area (Å²) in [7, 11) is 0. The van der Waals surface area contributed by atoms with Gasteiger partial charge >= 0.3 is 12.0 Å². The molecule has 0 radical (unpaired) electrons. The maximum atomic E-state index is 12.1. The molecule has 1 aliphatic heterocycles. The lowest BCUT2D eigenvalue weighted by Gasteiger charge is -2.34. The molecule has 3 amide bonds. The fourth-order valence-electron chi connectivity index (χ4n) is 2.11. The van der Waals surface area contributed by atoms with Gasteiger partial charge in [-0.25, -0.2) is 9.59 Å². The summed E-state index contributed by atoms with van der Waals surface area (Å²) < 4.78 is 5.20. The number of carbonyl (C=O) groups excluding carboxylic acids is 2. The minimum Gasteiger partial charge on any atom is -0.480 e. The van der Waals surface area contributed by atoms with E-state index in [9.17, 15) is 14.4 Å². The number of piperidine rings is 1. The lowest BCUT2D eigenvalue weighted by molar-refractivity contribution is -0.145. The lowest BCUT2D eigenvalue weighted by Crippen LogP contribution is -2.50. The fraction of sp³-hybridized carbons (Fsp3) is 0.750. The molecule has 0 spiro atoms. The van der Waals surface area contributed by atoms with Gasteiger partial charge in [0.1, 0.15) is 13.2 Å². The number of amides is 3. The molecule has 20 heavy (non-hydrogen) atoms. The number of hydrogen-bond donors (Lipinski definition) is 2. The first kappa shape index (κ1) is 16.2. The van der Waals surface area contributed by atoms with Crippen LogP contribution in [0.25, 0.3) is 0 Å². The molecule has 1 heterocycles. The molecule has 0 aromatic rings. The highest BCUT2D eigenvalue weighted by Crippen LogP contribution is 2.15. The van der Waals surface area contributed by atoms with Crippen LogP contribution >= 0.6 is 0 Å². The smallest absolute Gasteiger partial charge is 0.329 e. The van der Waals surface area contributed by atoms with E-state index >= 15 is 0 Å². The largest absolute Gasteiger partial charge is 0.480 e. The third kappa shape index (κ3) is 5.04. The molecular weight excluding hydrogens is 266 g/mol. The number of carbonyl (C=O) groups is 3. The van der Waals surface area contributed by atoms with Crippen LogP contribution in [0.4, 0.5) is 4.79 Å². The van der Waals surface area contributed by atoms with E-state index in [0.717, 1.165) is 0 Å². The van der Waals surface area contributed by atoms with Crippen LogP contribution in [0.2, 0.25) is 0 Å². The first-order valence-corrected chi connectivity index (χ1v) is 6.59. The van der Waals surface area contributed by atoms with Crippen molar-refractivity contribution < 1.29 is 24.2 Å². The Kier molecular flexibility index (Phi) is 6.23. The molecule has 0 unspecified atom stereocenters. The normalized spacial score (nSPS) is 15.9. The Hall–Kier alpha value is -1.83. The van der Waals surface area contributed by atoms with Crippen molar-refractivity contribution in [3.05, 3.63) is 0 Å². The number of primary amides is 1. The number of likely N-dealkylation sites (tertiary alicyclic amines) is 1. The van der Waals surface area contributed by atoms with Gasteiger partial charge in [-0.3, -0.25) is 4.79 Å². The second kappa shape index (κ2) is 7.68. The Morgan fingerprint density at radius 1 is 1.35 bits per heavy atom. The highest BCUT2D eigenvalue weighted by Gasteiger charge is 2.26. The van der Waals surface area contributed by atoms with E-state index in [-0.39, 0.29) is 25.3 Å². The van der Waals surface area contributed by atoms with Gasteiger partial charge in [0.25, 0.3) is 0 Å². The summed E-state index contributed by atoms with van der Waals surface area (Å²) >= 11 is 0. The molecular formula is C12H21N3O5. The maximum Gasteiger partial charge on any atom is 0.329 e. The monoisotopic (exact) mass is 287 g/mol. The van der Waals surface area contributed by atoms with Gasteiger partial charge < -0.3 is 25.4 Å². The number of rotatable bonds is 6. The van der Waals surface area contributed by atoms with E-state index in [2.05, 4.69) is 0 Å². The number of nitrogens with zero attached hydrogens (tertiary/aromatic N) is 2. The van der Waals surface area contributed by atoms with Crippen LogP contribution in [0, 0.1) is 0 Å². The van der Waals surface area contributed by atoms with Crippen LogP contribution in [0.3, 0.4) is 0 Å².